The highest BCUT2D eigenvalue weighted by Gasteiger charge is 2.32. The van der Waals surface area contributed by atoms with Crippen LogP contribution in [0.2, 0.25) is 0 Å². The van der Waals surface area contributed by atoms with Gasteiger partial charge in [0.2, 0.25) is 0 Å². The van der Waals surface area contributed by atoms with Crippen molar-refractivity contribution in [3.05, 3.63) is 24.4 Å². The minimum atomic E-state index is -0.632. The van der Waals surface area contributed by atoms with Crippen molar-refractivity contribution in [2.24, 2.45) is 0 Å². The smallest absolute Gasteiger partial charge is 0.325 e. The summed E-state index contributed by atoms with van der Waals surface area (Å²) in [6.07, 6.45) is 3.81. The quantitative estimate of drug-likeness (QED) is 0.847. The van der Waals surface area contributed by atoms with Crippen molar-refractivity contribution in [3.8, 4) is 0 Å². The molecule has 5 heteroatoms. The molecule has 20 heavy (non-hydrogen) atoms. The Hall–Kier alpha value is -1.62. The number of hydrogen-bond donors (Lipinski definition) is 1. The molecule has 2 heterocycles. The lowest BCUT2D eigenvalue weighted by Crippen LogP contribution is -2.55. The molecule has 0 spiro atoms. The van der Waals surface area contributed by atoms with Gasteiger partial charge in [-0.3, -0.25) is 10.1 Å². The molecule has 2 rings (SSSR count). The highest BCUT2D eigenvalue weighted by Crippen LogP contribution is 2.19. The first-order chi connectivity index (χ1) is 9.53. The van der Waals surface area contributed by atoms with Gasteiger partial charge < -0.3 is 9.64 Å². The Morgan fingerprint density at radius 1 is 1.40 bits per heavy atom. The number of piperidine rings is 1. The predicted octanol–water partition coefficient (Wildman–Crippen LogP) is 1.59. The van der Waals surface area contributed by atoms with Crippen molar-refractivity contribution >= 4 is 11.8 Å². The second kappa shape index (κ2) is 6.22. The van der Waals surface area contributed by atoms with Gasteiger partial charge in [-0.15, -0.1) is 0 Å². The molecule has 0 aromatic carbocycles. The van der Waals surface area contributed by atoms with Crippen LogP contribution in [0.1, 0.15) is 26.7 Å². The van der Waals surface area contributed by atoms with Gasteiger partial charge in [0, 0.05) is 25.3 Å². The van der Waals surface area contributed by atoms with Gasteiger partial charge in [-0.1, -0.05) is 6.07 Å². The molecule has 1 aliphatic heterocycles. The highest BCUT2D eigenvalue weighted by molar-refractivity contribution is 5.79. The first-order valence-corrected chi connectivity index (χ1v) is 7.05. The van der Waals surface area contributed by atoms with E-state index < -0.39 is 5.54 Å². The molecule has 0 radical (unpaired) electrons. The molecule has 5 nitrogen and oxygen atoms in total. The number of carbonyl (C=O) groups is 1. The molecule has 1 saturated heterocycles. The number of methoxy groups -OCH3 is 1. The Morgan fingerprint density at radius 3 is 2.65 bits per heavy atom. The van der Waals surface area contributed by atoms with Crippen LogP contribution in [0.4, 0.5) is 5.82 Å². The molecule has 0 bridgehead atoms. The number of nitrogens with one attached hydrogen (secondary N) is 1. The average Bonchev–Trinajstić information content (AvgIpc) is 2.47. The molecule has 1 aliphatic rings. The Labute approximate surface area is 120 Å². The van der Waals surface area contributed by atoms with E-state index in [1.807, 2.05) is 38.2 Å². The number of aromatic nitrogens is 1. The maximum Gasteiger partial charge on any atom is 0.325 e. The van der Waals surface area contributed by atoms with E-state index in [1.165, 1.54) is 7.11 Å². The summed E-state index contributed by atoms with van der Waals surface area (Å²) in [7, 11) is 1.43. The number of anilines is 1. The van der Waals surface area contributed by atoms with Crippen molar-refractivity contribution in [2.75, 3.05) is 25.1 Å². The highest BCUT2D eigenvalue weighted by atomic mass is 16.5. The SMILES string of the molecule is COC(=O)C(C)(C)NC1CCN(c2ccccn2)CC1. The monoisotopic (exact) mass is 277 g/mol. The van der Waals surface area contributed by atoms with Crippen LogP contribution in [-0.2, 0) is 9.53 Å². The van der Waals surface area contributed by atoms with Crippen molar-refractivity contribution in [1.29, 1.82) is 0 Å². The lowest BCUT2D eigenvalue weighted by atomic mass is 9.98. The first kappa shape index (κ1) is 14.8. The summed E-state index contributed by atoms with van der Waals surface area (Å²) in [4.78, 5) is 18.3. The zero-order valence-electron chi connectivity index (χ0n) is 12.4. The molecule has 1 N–H and O–H groups in total. The zero-order valence-corrected chi connectivity index (χ0v) is 12.4. The van der Waals surface area contributed by atoms with E-state index >= 15 is 0 Å². The van der Waals surface area contributed by atoms with Crippen molar-refractivity contribution < 1.29 is 9.53 Å². The van der Waals surface area contributed by atoms with Crippen LogP contribution >= 0.6 is 0 Å². The van der Waals surface area contributed by atoms with Crippen LogP contribution in [0.3, 0.4) is 0 Å². The van der Waals surface area contributed by atoms with Gasteiger partial charge in [0.1, 0.15) is 11.4 Å². The minimum Gasteiger partial charge on any atom is -0.468 e. The van der Waals surface area contributed by atoms with E-state index in [2.05, 4.69) is 15.2 Å². The molecule has 110 valence electrons. The predicted molar refractivity (Wildman–Crippen MR) is 78.7 cm³/mol. The van der Waals surface area contributed by atoms with Crippen LogP contribution < -0.4 is 10.2 Å². The Kier molecular flexibility index (Phi) is 4.60. The molecular weight excluding hydrogens is 254 g/mol. The van der Waals surface area contributed by atoms with Crippen LogP contribution in [0, 0.1) is 0 Å². The topological polar surface area (TPSA) is 54.5 Å². The van der Waals surface area contributed by atoms with Gasteiger partial charge in [-0.2, -0.15) is 0 Å². The zero-order chi connectivity index (χ0) is 14.6. The maximum absolute atomic E-state index is 11.7. The van der Waals surface area contributed by atoms with Gasteiger partial charge in [0.25, 0.3) is 0 Å². The van der Waals surface area contributed by atoms with E-state index in [1.54, 1.807) is 0 Å². The standard InChI is InChI=1S/C15H23N3O2/c1-15(2,14(19)20-3)17-12-7-10-18(11-8-12)13-6-4-5-9-16-13/h4-6,9,12,17H,7-8,10-11H2,1-3H3. The van der Waals surface area contributed by atoms with Crippen LogP contribution in [0.25, 0.3) is 0 Å². The van der Waals surface area contributed by atoms with Crippen LogP contribution in [0.5, 0.6) is 0 Å². The summed E-state index contributed by atoms with van der Waals surface area (Å²) in [5, 5.41) is 3.40. The average molecular weight is 277 g/mol. The molecule has 1 aromatic heterocycles. The summed E-state index contributed by atoms with van der Waals surface area (Å²) < 4.78 is 4.83. The number of rotatable bonds is 4. The number of nitrogens with zero attached hydrogens (tertiary/aromatic N) is 2. The van der Waals surface area contributed by atoms with Gasteiger partial charge >= 0.3 is 5.97 Å². The van der Waals surface area contributed by atoms with E-state index in [-0.39, 0.29) is 5.97 Å². The number of ether oxygens (including phenoxy) is 1. The summed E-state index contributed by atoms with van der Waals surface area (Å²) in [5.41, 5.74) is -0.632. The van der Waals surface area contributed by atoms with Gasteiger partial charge in [-0.05, 0) is 38.8 Å². The summed E-state index contributed by atoms with van der Waals surface area (Å²) >= 11 is 0. The maximum atomic E-state index is 11.7. The van der Waals surface area contributed by atoms with Gasteiger partial charge in [0.05, 0.1) is 7.11 Å². The van der Waals surface area contributed by atoms with E-state index in [0.717, 1.165) is 31.7 Å². The Balaban J connectivity index is 1.87. The number of carbonyl (C=O) groups excluding carboxylic acids is 1. The third-order valence-electron chi connectivity index (χ3n) is 3.73. The second-order valence-electron chi connectivity index (χ2n) is 5.71. The summed E-state index contributed by atoms with van der Waals surface area (Å²) in [6.45, 7) is 5.63. The first-order valence-electron chi connectivity index (χ1n) is 7.05. The fraction of sp³-hybridized carbons (Fsp3) is 0.600. The number of pyridine rings is 1. The largest absolute Gasteiger partial charge is 0.468 e. The number of esters is 1. The fourth-order valence-electron chi connectivity index (χ4n) is 2.62. The molecule has 0 amide bonds. The molecular formula is C15H23N3O2. The Morgan fingerprint density at radius 2 is 2.10 bits per heavy atom. The third kappa shape index (κ3) is 3.48. The van der Waals surface area contributed by atoms with Gasteiger partial charge in [0.15, 0.2) is 0 Å². The molecule has 0 saturated carbocycles. The van der Waals surface area contributed by atoms with E-state index in [0.29, 0.717) is 6.04 Å². The third-order valence-corrected chi connectivity index (χ3v) is 3.73. The molecule has 1 fully saturated rings. The molecule has 0 aliphatic carbocycles. The number of hydrogen-bond acceptors (Lipinski definition) is 5. The lowest BCUT2D eigenvalue weighted by Gasteiger charge is -2.36. The summed E-state index contributed by atoms with van der Waals surface area (Å²) in [5.74, 6) is 0.808. The second-order valence-corrected chi connectivity index (χ2v) is 5.71. The molecule has 1 aromatic rings. The normalized spacial score (nSPS) is 17.1. The van der Waals surface area contributed by atoms with E-state index in [9.17, 15) is 4.79 Å². The molecule has 0 atom stereocenters. The minimum absolute atomic E-state index is 0.218. The molecule has 0 unspecified atom stereocenters. The Bertz CT molecular complexity index is 440. The van der Waals surface area contributed by atoms with Crippen molar-refractivity contribution in [1.82, 2.24) is 10.3 Å². The van der Waals surface area contributed by atoms with Crippen LogP contribution in [-0.4, -0.2) is 42.7 Å². The summed E-state index contributed by atoms with van der Waals surface area (Å²) in [6, 6.07) is 6.31. The van der Waals surface area contributed by atoms with Gasteiger partial charge in [-0.25, -0.2) is 4.98 Å². The fourth-order valence-corrected chi connectivity index (χ4v) is 2.62. The van der Waals surface area contributed by atoms with Crippen molar-refractivity contribution in [2.45, 2.75) is 38.3 Å². The lowest BCUT2D eigenvalue weighted by molar-refractivity contribution is -0.147. The van der Waals surface area contributed by atoms with Crippen molar-refractivity contribution in [3.63, 3.8) is 0 Å². The van der Waals surface area contributed by atoms with Crippen LogP contribution in [0.15, 0.2) is 24.4 Å². The van der Waals surface area contributed by atoms with E-state index in [4.69, 9.17) is 4.74 Å².